The van der Waals surface area contributed by atoms with Gasteiger partial charge in [-0.15, -0.1) is 0 Å². The van der Waals surface area contributed by atoms with Crippen LogP contribution in [0.2, 0.25) is 5.32 Å². The summed E-state index contributed by atoms with van der Waals surface area (Å²) in [4.78, 5) is 46.0. The van der Waals surface area contributed by atoms with Crippen LogP contribution in [0.4, 0.5) is 4.79 Å². The molecule has 0 aromatic heterocycles. The van der Waals surface area contributed by atoms with Gasteiger partial charge in [0.2, 0.25) is 0 Å². The minimum atomic E-state index is -1.69. The molecule has 5 aliphatic rings. The summed E-state index contributed by atoms with van der Waals surface area (Å²) >= 11 is 0.269. The van der Waals surface area contributed by atoms with Gasteiger partial charge in [-0.1, -0.05) is 0 Å². The first kappa shape index (κ1) is 30.7. The van der Waals surface area contributed by atoms with Gasteiger partial charge in [-0.25, -0.2) is 0 Å². The normalized spacial score (nSPS) is 32.0. The standard InChI is InChI=1S/C27H36N4O10SSe/c1-29-5-7-30(8-6-29)16(32)2-4-31(13-3-9-42-43-11-13)27(38)41-25-18-14(10-15-24(25)40-12-39-15)17-19(28-26(18)37)21(34)23(36)22(35)20(17)33/h10,13,17,19-23,33-36H,2-9,11-12H2,1H3,(H,28,37)/t13?,17-,19-,20+,21-,22-,23-/m0/s1. The van der Waals surface area contributed by atoms with E-state index in [9.17, 15) is 34.8 Å². The second-order valence-corrected chi connectivity index (χ2v) is 16.0. The first-order valence-corrected chi connectivity index (χ1v) is 18.6. The van der Waals surface area contributed by atoms with Crippen LogP contribution in [0.1, 0.15) is 34.7 Å². The van der Waals surface area contributed by atoms with Gasteiger partial charge in [0.1, 0.15) is 0 Å². The van der Waals surface area contributed by atoms with Crippen LogP contribution in [0.3, 0.4) is 0 Å². The molecule has 1 aromatic rings. The number of aliphatic hydroxyl groups excluding tert-OH is 4. The molecular formula is C27H36N4O10SSe. The van der Waals surface area contributed by atoms with Crippen LogP contribution >= 0.6 is 10.2 Å². The van der Waals surface area contributed by atoms with Gasteiger partial charge in [-0.3, -0.25) is 0 Å². The molecule has 2 saturated heterocycles. The van der Waals surface area contributed by atoms with E-state index in [4.69, 9.17) is 14.2 Å². The Morgan fingerprint density at radius 1 is 1.12 bits per heavy atom. The molecule has 1 saturated carbocycles. The number of carbonyl (C=O) groups excluding carboxylic acids is 3. The van der Waals surface area contributed by atoms with Crippen molar-refractivity contribution in [3.05, 3.63) is 17.2 Å². The SMILES string of the molecule is CN1CCN(C(=O)CCN(C(=O)Oc2c3c(cc4c2C(=O)N[C@@H]2[C@H](O)[C@H](O)[C@@H](O)[C@H](O)[C@@H]42)OCO3)C2CCS[Se]C2)CC1. The third kappa shape index (κ3) is 5.79. The number of ether oxygens (including phenoxy) is 3. The van der Waals surface area contributed by atoms with Crippen molar-refractivity contribution in [1.29, 1.82) is 0 Å². The predicted octanol–water partition coefficient (Wildman–Crippen LogP) is -1.42. The Morgan fingerprint density at radius 2 is 1.86 bits per heavy atom. The van der Waals surface area contributed by atoms with Gasteiger partial charge in [0.05, 0.1) is 0 Å². The number of likely N-dealkylation sites (N-methyl/N-ethyl adjacent to an activating group) is 1. The second-order valence-electron chi connectivity index (χ2n) is 11.4. The molecular weight excluding hydrogens is 651 g/mol. The maximum atomic E-state index is 13.9. The van der Waals surface area contributed by atoms with E-state index in [0.29, 0.717) is 13.1 Å². The number of aliphatic hydroxyl groups is 4. The van der Waals surface area contributed by atoms with Gasteiger partial charge < -0.3 is 5.11 Å². The molecule has 3 fully saturated rings. The number of nitrogens with zero attached hydrogens (tertiary/aromatic N) is 3. The fourth-order valence-corrected chi connectivity index (χ4v) is 10.8. The zero-order valence-corrected chi connectivity index (χ0v) is 26.1. The number of fused-ring (bicyclic) bond motifs is 4. The summed E-state index contributed by atoms with van der Waals surface area (Å²) in [6.07, 6.45) is -6.34. The molecule has 1 aromatic carbocycles. The Kier molecular flexibility index (Phi) is 9.00. The summed E-state index contributed by atoms with van der Waals surface area (Å²) in [5.74, 6) is -0.875. The van der Waals surface area contributed by atoms with Crippen molar-refractivity contribution in [2.24, 2.45) is 0 Å². The van der Waals surface area contributed by atoms with Crippen LogP contribution in [0, 0.1) is 0 Å². The van der Waals surface area contributed by atoms with E-state index in [1.807, 2.05) is 22.1 Å². The molecule has 14 nitrogen and oxygen atoms in total. The number of nitrogens with one attached hydrogen (secondary N) is 1. The Morgan fingerprint density at radius 3 is 2.58 bits per heavy atom. The van der Waals surface area contributed by atoms with Gasteiger partial charge in [-0.05, 0) is 0 Å². The number of hydrogen-bond donors (Lipinski definition) is 5. The summed E-state index contributed by atoms with van der Waals surface area (Å²) in [5.41, 5.74) is 0.0954. The van der Waals surface area contributed by atoms with Crippen LogP contribution in [0.5, 0.6) is 17.2 Å². The molecule has 16 heteroatoms. The van der Waals surface area contributed by atoms with E-state index in [-0.39, 0.29) is 73.9 Å². The molecule has 5 N–H and O–H groups in total. The summed E-state index contributed by atoms with van der Waals surface area (Å²) in [6, 6.07) is 0.222. The molecule has 43 heavy (non-hydrogen) atoms. The summed E-state index contributed by atoms with van der Waals surface area (Å²) < 4.78 is 17.1. The van der Waals surface area contributed by atoms with E-state index in [0.717, 1.165) is 30.6 Å². The van der Waals surface area contributed by atoms with Gasteiger partial charge >= 0.3 is 253 Å². The second kappa shape index (κ2) is 12.6. The predicted molar refractivity (Wildman–Crippen MR) is 153 cm³/mol. The van der Waals surface area contributed by atoms with Gasteiger partial charge in [0.15, 0.2) is 0 Å². The Hall–Kier alpha value is -2.30. The van der Waals surface area contributed by atoms with Gasteiger partial charge in [-0.2, -0.15) is 0 Å². The topological polar surface area (TPSA) is 182 Å². The molecule has 0 spiro atoms. The zero-order valence-electron chi connectivity index (χ0n) is 23.6. The van der Waals surface area contributed by atoms with Crippen molar-refractivity contribution < 1.29 is 49.0 Å². The number of amides is 3. The van der Waals surface area contributed by atoms with E-state index < -0.39 is 48.4 Å². The Bertz CT molecular complexity index is 1260. The van der Waals surface area contributed by atoms with Crippen molar-refractivity contribution >= 4 is 41.9 Å². The number of hydrogen-bond acceptors (Lipinski definition) is 12. The van der Waals surface area contributed by atoms with E-state index in [2.05, 4.69) is 10.2 Å². The van der Waals surface area contributed by atoms with Crippen molar-refractivity contribution in [2.75, 3.05) is 52.3 Å². The van der Waals surface area contributed by atoms with Crippen molar-refractivity contribution in [3.8, 4) is 17.2 Å². The molecule has 0 bridgehead atoms. The number of piperazine rings is 1. The van der Waals surface area contributed by atoms with Crippen LogP contribution in [-0.4, -0.2) is 156 Å². The first-order valence-electron chi connectivity index (χ1n) is 14.3. The molecule has 1 unspecified atom stereocenters. The molecule has 236 valence electrons. The fourth-order valence-electron chi connectivity index (χ4n) is 6.35. The number of carbonyl (C=O) groups is 3. The summed E-state index contributed by atoms with van der Waals surface area (Å²) in [7, 11) is 3.87. The Balaban J connectivity index is 1.29. The van der Waals surface area contributed by atoms with Crippen molar-refractivity contribution in [1.82, 2.24) is 20.0 Å². The molecule has 1 aliphatic carbocycles. The van der Waals surface area contributed by atoms with Crippen LogP contribution in [-0.2, 0) is 4.79 Å². The zero-order chi connectivity index (χ0) is 30.4. The molecule has 4 aliphatic heterocycles. The van der Waals surface area contributed by atoms with Gasteiger partial charge in [0.25, 0.3) is 0 Å². The number of benzene rings is 1. The van der Waals surface area contributed by atoms with Crippen LogP contribution < -0.4 is 19.5 Å². The average Bonchev–Trinajstić information content (AvgIpc) is 3.48. The third-order valence-corrected chi connectivity index (χ3v) is 13.3. The average molecular weight is 688 g/mol. The van der Waals surface area contributed by atoms with Crippen LogP contribution in [0.25, 0.3) is 0 Å². The monoisotopic (exact) mass is 688 g/mol. The molecule has 7 atom stereocenters. The van der Waals surface area contributed by atoms with Crippen molar-refractivity contribution in [3.63, 3.8) is 0 Å². The van der Waals surface area contributed by atoms with Crippen LogP contribution in [0.15, 0.2) is 6.07 Å². The quantitative estimate of drug-likeness (QED) is 0.228. The van der Waals surface area contributed by atoms with E-state index in [1.165, 1.54) is 6.07 Å². The Labute approximate surface area is 257 Å². The summed E-state index contributed by atoms with van der Waals surface area (Å²) in [6.45, 7) is 2.79. The molecule has 3 amide bonds. The fraction of sp³-hybridized carbons (Fsp3) is 0.667. The van der Waals surface area contributed by atoms with E-state index >= 15 is 0 Å². The van der Waals surface area contributed by atoms with Gasteiger partial charge in [0, 0.05) is 0 Å². The molecule has 0 radical (unpaired) electrons. The number of rotatable bonds is 5. The van der Waals surface area contributed by atoms with E-state index in [1.54, 1.807) is 4.90 Å². The minimum absolute atomic E-state index is 0.0349. The first-order chi connectivity index (χ1) is 20.7. The third-order valence-electron chi connectivity index (χ3n) is 8.87. The molecule has 4 heterocycles. The summed E-state index contributed by atoms with van der Waals surface area (Å²) in [5, 5.41) is 45.6. The maximum absolute atomic E-state index is 13.9. The molecule has 6 rings (SSSR count). The van der Waals surface area contributed by atoms with Crippen molar-refractivity contribution in [2.45, 2.75) is 60.6 Å².